The zero-order valence-electron chi connectivity index (χ0n) is 10.1. The van der Waals surface area contributed by atoms with E-state index in [0.717, 1.165) is 13.1 Å². The molecule has 1 amide bonds. The van der Waals surface area contributed by atoms with E-state index < -0.39 is 0 Å². The zero-order valence-corrected chi connectivity index (χ0v) is 10.1. The van der Waals surface area contributed by atoms with Crippen molar-refractivity contribution < 1.29 is 4.79 Å². The van der Waals surface area contributed by atoms with Crippen molar-refractivity contribution in [1.82, 2.24) is 5.32 Å². The van der Waals surface area contributed by atoms with E-state index in [-0.39, 0.29) is 5.91 Å². The topological polar surface area (TPSA) is 55.1 Å². The van der Waals surface area contributed by atoms with Crippen molar-refractivity contribution in [1.29, 1.82) is 0 Å². The Kier molecular flexibility index (Phi) is 11.1. The third kappa shape index (κ3) is 13.4. The maximum Gasteiger partial charge on any atom is 0.218 e. The molecule has 0 aliphatic heterocycles. The molecule has 0 spiro atoms. The number of primary amides is 1. The molecule has 3 heteroatoms. The lowest BCUT2D eigenvalue weighted by atomic mass is 10.1. The van der Waals surface area contributed by atoms with Gasteiger partial charge in [-0.05, 0) is 13.0 Å². The van der Waals surface area contributed by atoms with Crippen LogP contribution in [0.15, 0.2) is 0 Å². The average Bonchev–Trinajstić information content (AvgIpc) is 2.20. The Balaban J connectivity index is 2.89. The van der Waals surface area contributed by atoms with Crippen molar-refractivity contribution in [2.45, 2.75) is 58.3 Å². The maximum atomic E-state index is 10.4. The lowest BCUT2D eigenvalue weighted by Gasteiger charge is -2.03. The Morgan fingerprint density at radius 1 is 1.00 bits per heavy atom. The number of hydrogen-bond acceptors (Lipinski definition) is 2. The summed E-state index contributed by atoms with van der Waals surface area (Å²) in [7, 11) is 0. The van der Waals surface area contributed by atoms with E-state index in [2.05, 4.69) is 12.2 Å². The number of amides is 1. The normalized spacial score (nSPS) is 10.5. The summed E-state index contributed by atoms with van der Waals surface area (Å²) in [5.74, 6) is -0.220. The second-order valence-corrected chi connectivity index (χ2v) is 4.09. The number of nitrogens with one attached hydrogen (secondary N) is 1. The first kappa shape index (κ1) is 14.4. The van der Waals surface area contributed by atoms with Gasteiger partial charge in [-0.1, -0.05) is 45.4 Å². The highest BCUT2D eigenvalue weighted by Crippen LogP contribution is 2.06. The van der Waals surface area contributed by atoms with Gasteiger partial charge in [0.05, 0.1) is 0 Å². The predicted molar refractivity (Wildman–Crippen MR) is 64.7 cm³/mol. The van der Waals surface area contributed by atoms with Gasteiger partial charge in [-0.2, -0.15) is 0 Å². The van der Waals surface area contributed by atoms with Crippen LogP contribution in [0.4, 0.5) is 0 Å². The van der Waals surface area contributed by atoms with E-state index in [0.29, 0.717) is 6.42 Å². The second-order valence-electron chi connectivity index (χ2n) is 4.09. The van der Waals surface area contributed by atoms with Crippen molar-refractivity contribution in [2.75, 3.05) is 13.1 Å². The van der Waals surface area contributed by atoms with Gasteiger partial charge >= 0.3 is 0 Å². The van der Waals surface area contributed by atoms with E-state index in [1.54, 1.807) is 0 Å². The lowest BCUT2D eigenvalue weighted by molar-refractivity contribution is -0.117. The van der Waals surface area contributed by atoms with Crippen LogP contribution in [0.2, 0.25) is 0 Å². The molecule has 0 aliphatic carbocycles. The summed E-state index contributed by atoms with van der Waals surface area (Å²) in [4.78, 5) is 10.4. The second kappa shape index (κ2) is 11.5. The van der Waals surface area contributed by atoms with Crippen LogP contribution < -0.4 is 11.1 Å². The number of unbranched alkanes of at least 4 members (excludes halogenated alkanes) is 6. The van der Waals surface area contributed by atoms with Gasteiger partial charge < -0.3 is 11.1 Å². The molecule has 0 radical (unpaired) electrons. The molecule has 90 valence electrons. The summed E-state index contributed by atoms with van der Waals surface area (Å²) in [6.45, 7) is 3.98. The smallest absolute Gasteiger partial charge is 0.218 e. The van der Waals surface area contributed by atoms with Crippen LogP contribution in [0.3, 0.4) is 0 Å². The minimum atomic E-state index is -0.220. The highest BCUT2D eigenvalue weighted by atomic mass is 16.1. The molecule has 0 fully saturated rings. The minimum Gasteiger partial charge on any atom is -0.370 e. The average molecular weight is 214 g/mol. The van der Waals surface area contributed by atoms with Gasteiger partial charge in [0.25, 0.3) is 0 Å². The van der Waals surface area contributed by atoms with Gasteiger partial charge in [-0.3, -0.25) is 4.79 Å². The Hall–Kier alpha value is -0.570. The first-order chi connectivity index (χ1) is 7.27. The van der Waals surface area contributed by atoms with Crippen molar-refractivity contribution in [3.8, 4) is 0 Å². The molecule has 0 aromatic rings. The molecule has 3 nitrogen and oxygen atoms in total. The molecule has 3 N–H and O–H groups in total. The van der Waals surface area contributed by atoms with E-state index in [1.165, 1.54) is 44.9 Å². The summed E-state index contributed by atoms with van der Waals surface area (Å²) in [6.07, 6.45) is 9.75. The van der Waals surface area contributed by atoms with Crippen molar-refractivity contribution in [3.05, 3.63) is 0 Å². The quantitative estimate of drug-likeness (QED) is 0.518. The van der Waals surface area contributed by atoms with Crippen LogP contribution in [0, 0.1) is 0 Å². The van der Waals surface area contributed by atoms with Crippen LogP contribution in [-0.4, -0.2) is 19.0 Å². The fourth-order valence-corrected chi connectivity index (χ4v) is 1.54. The first-order valence-corrected chi connectivity index (χ1v) is 6.26. The van der Waals surface area contributed by atoms with Gasteiger partial charge in [0.15, 0.2) is 0 Å². The lowest BCUT2D eigenvalue weighted by Crippen LogP contribution is -2.22. The van der Waals surface area contributed by atoms with Crippen LogP contribution in [0.1, 0.15) is 58.3 Å². The molecule has 0 saturated heterocycles. The predicted octanol–water partition coefficient (Wildman–Crippen LogP) is 2.20. The first-order valence-electron chi connectivity index (χ1n) is 6.26. The number of rotatable bonds is 11. The molecular weight excluding hydrogens is 188 g/mol. The van der Waals surface area contributed by atoms with Crippen LogP contribution >= 0.6 is 0 Å². The van der Waals surface area contributed by atoms with Crippen LogP contribution in [0.5, 0.6) is 0 Å². The Morgan fingerprint density at radius 2 is 1.60 bits per heavy atom. The number of carbonyl (C=O) groups excluding carboxylic acids is 1. The van der Waals surface area contributed by atoms with Gasteiger partial charge in [0, 0.05) is 13.0 Å². The number of hydrogen-bond donors (Lipinski definition) is 2. The largest absolute Gasteiger partial charge is 0.370 e. The highest BCUT2D eigenvalue weighted by Gasteiger charge is 1.93. The van der Waals surface area contributed by atoms with Gasteiger partial charge in [0.1, 0.15) is 0 Å². The van der Waals surface area contributed by atoms with Crippen LogP contribution in [-0.2, 0) is 4.79 Å². The molecule has 15 heavy (non-hydrogen) atoms. The molecular formula is C12H26N2O. The molecule has 0 aliphatic rings. The SMILES string of the molecule is CCCCCCCCCNCCC(N)=O. The van der Waals surface area contributed by atoms with Crippen molar-refractivity contribution in [3.63, 3.8) is 0 Å². The third-order valence-corrected chi connectivity index (χ3v) is 2.51. The third-order valence-electron chi connectivity index (χ3n) is 2.51. The molecule has 0 aromatic heterocycles. The van der Waals surface area contributed by atoms with E-state index in [9.17, 15) is 4.79 Å². The van der Waals surface area contributed by atoms with Gasteiger partial charge in [0.2, 0.25) is 5.91 Å². The molecule has 0 atom stereocenters. The Morgan fingerprint density at radius 3 is 2.20 bits per heavy atom. The monoisotopic (exact) mass is 214 g/mol. The molecule has 0 unspecified atom stereocenters. The summed E-state index contributed by atoms with van der Waals surface area (Å²) in [5, 5.41) is 3.22. The fourth-order valence-electron chi connectivity index (χ4n) is 1.54. The highest BCUT2D eigenvalue weighted by molar-refractivity contribution is 5.73. The molecule has 0 saturated carbocycles. The van der Waals surface area contributed by atoms with E-state index >= 15 is 0 Å². The van der Waals surface area contributed by atoms with Crippen molar-refractivity contribution in [2.24, 2.45) is 5.73 Å². The van der Waals surface area contributed by atoms with Gasteiger partial charge in [-0.15, -0.1) is 0 Å². The van der Waals surface area contributed by atoms with Gasteiger partial charge in [-0.25, -0.2) is 0 Å². The summed E-state index contributed by atoms with van der Waals surface area (Å²) < 4.78 is 0. The maximum absolute atomic E-state index is 10.4. The van der Waals surface area contributed by atoms with Crippen LogP contribution in [0.25, 0.3) is 0 Å². The summed E-state index contributed by atoms with van der Waals surface area (Å²) >= 11 is 0. The Labute approximate surface area is 93.8 Å². The summed E-state index contributed by atoms with van der Waals surface area (Å²) in [5.41, 5.74) is 5.02. The van der Waals surface area contributed by atoms with E-state index in [1.807, 2.05) is 0 Å². The number of carbonyl (C=O) groups is 1. The standard InChI is InChI=1S/C12H26N2O/c1-2-3-4-5-6-7-8-10-14-11-9-12(13)15/h14H,2-11H2,1H3,(H2,13,15). The minimum absolute atomic E-state index is 0.220. The van der Waals surface area contributed by atoms with E-state index in [4.69, 9.17) is 5.73 Å². The number of nitrogens with two attached hydrogens (primary N) is 1. The van der Waals surface area contributed by atoms with Crippen molar-refractivity contribution >= 4 is 5.91 Å². The summed E-state index contributed by atoms with van der Waals surface area (Å²) in [6, 6.07) is 0. The fraction of sp³-hybridized carbons (Fsp3) is 0.917. The molecule has 0 rings (SSSR count). The Bertz CT molecular complexity index is 149. The molecule has 0 bridgehead atoms. The zero-order chi connectivity index (χ0) is 11.4. The molecule has 0 aromatic carbocycles. The molecule has 0 heterocycles.